The molecule has 0 spiro atoms. The second kappa shape index (κ2) is 4.75. The Bertz CT molecular complexity index is 596. The number of halogens is 3. The highest BCUT2D eigenvalue weighted by Crippen LogP contribution is 2.31. The van der Waals surface area contributed by atoms with E-state index in [1.165, 1.54) is 18.3 Å². The van der Waals surface area contributed by atoms with Gasteiger partial charge in [-0.3, -0.25) is 0 Å². The normalized spacial score (nSPS) is 11.4. The molecule has 2 rings (SSSR count). The lowest BCUT2D eigenvalue weighted by Gasteiger charge is -2.11. The number of rotatable bonds is 2. The minimum atomic E-state index is -4.38. The zero-order valence-corrected chi connectivity index (χ0v) is 9.99. The molecule has 3 N–H and O–H groups in total. The van der Waals surface area contributed by atoms with Gasteiger partial charge in [-0.05, 0) is 25.1 Å². The van der Waals surface area contributed by atoms with Crippen molar-refractivity contribution in [2.24, 2.45) is 0 Å². The van der Waals surface area contributed by atoms with Crippen LogP contribution in [-0.2, 0) is 6.18 Å². The number of alkyl halides is 3. The molecule has 0 aliphatic heterocycles. The summed E-state index contributed by atoms with van der Waals surface area (Å²) in [5.74, 6) is 0.437. The first-order chi connectivity index (χ1) is 8.86. The summed E-state index contributed by atoms with van der Waals surface area (Å²) in [6, 6.07) is 4.86. The second-order valence-corrected chi connectivity index (χ2v) is 3.96. The van der Waals surface area contributed by atoms with Crippen LogP contribution in [0, 0.1) is 6.92 Å². The van der Waals surface area contributed by atoms with E-state index < -0.39 is 11.7 Å². The first-order valence-corrected chi connectivity index (χ1v) is 5.39. The molecule has 0 bridgehead atoms. The van der Waals surface area contributed by atoms with Gasteiger partial charge in [0, 0.05) is 17.4 Å². The fourth-order valence-electron chi connectivity index (χ4n) is 1.49. The summed E-state index contributed by atoms with van der Waals surface area (Å²) >= 11 is 0. The van der Waals surface area contributed by atoms with Gasteiger partial charge in [-0.2, -0.15) is 18.2 Å². The number of nitrogens with one attached hydrogen (secondary N) is 1. The van der Waals surface area contributed by atoms with Gasteiger partial charge in [-0.25, -0.2) is 4.98 Å². The van der Waals surface area contributed by atoms with Crippen LogP contribution in [0.15, 0.2) is 30.5 Å². The topological polar surface area (TPSA) is 63.8 Å². The lowest BCUT2D eigenvalue weighted by atomic mass is 10.2. The van der Waals surface area contributed by atoms with Crippen LogP contribution in [0.2, 0.25) is 0 Å². The van der Waals surface area contributed by atoms with Crippen LogP contribution in [0.25, 0.3) is 0 Å². The van der Waals surface area contributed by atoms with E-state index in [1.807, 2.05) is 0 Å². The molecule has 0 aliphatic carbocycles. The third-order valence-electron chi connectivity index (χ3n) is 2.44. The molecule has 0 fully saturated rings. The third-order valence-corrected chi connectivity index (χ3v) is 2.44. The summed E-state index contributed by atoms with van der Waals surface area (Å²) in [6.07, 6.45) is -2.88. The van der Waals surface area contributed by atoms with Crippen molar-refractivity contribution in [1.82, 2.24) is 9.97 Å². The lowest BCUT2D eigenvalue weighted by Crippen LogP contribution is -2.06. The summed E-state index contributed by atoms with van der Waals surface area (Å²) < 4.78 is 37.7. The molecule has 0 amide bonds. The molecule has 7 heteroatoms. The highest BCUT2D eigenvalue weighted by atomic mass is 19.4. The number of hydrogen-bond acceptors (Lipinski definition) is 4. The van der Waals surface area contributed by atoms with E-state index in [2.05, 4.69) is 15.3 Å². The maximum Gasteiger partial charge on any atom is 0.416 e. The van der Waals surface area contributed by atoms with E-state index in [0.717, 1.165) is 12.1 Å². The van der Waals surface area contributed by atoms with E-state index in [-0.39, 0.29) is 11.6 Å². The number of aryl methyl sites for hydroxylation is 1. The first kappa shape index (κ1) is 13.1. The predicted octanol–water partition coefficient (Wildman–Crippen LogP) is 3.13. The summed E-state index contributed by atoms with van der Waals surface area (Å²) in [4.78, 5) is 7.72. The number of aromatic nitrogens is 2. The van der Waals surface area contributed by atoms with Crippen molar-refractivity contribution < 1.29 is 13.2 Å². The van der Waals surface area contributed by atoms with Gasteiger partial charge in [0.05, 0.1) is 5.56 Å². The van der Waals surface area contributed by atoms with Gasteiger partial charge in [0.1, 0.15) is 5.82 Å². The maximum atomic E-state index is 12.6. The van der Waals surface area contributed by atoms with E-state index >= 15 is 0 Å². The Kier molecular flexibility index (Phi) is 3.28. The molecule has 0 unspecified atom stereocenters. The van der Waals surface area contributed by atoms with E-state index in [9.17, 15) is 13.2 Å². The Morgan fingerprint density at radius 2 is 2.00 bits per heavy atom. The Labute approximate surface area is 107 Å². The SMILES string of the molecule is Cc1cnc(N)nc1Nc1cccc(C(F)(F)F)c1. The molecule has 0 aliphatic rings. The smallest absolute Gasteiger partial charge is 0.368 e. The highest BCUT2D eigenvalue weighted by Gasteiger charge is 2.30. The minimum absolute atomic E-state index is 0.0556. The van der Waals surface area contributed by atoms with Crippen molar-refractivity contribution in [2.45, 2.75) is 13.1 Å². The molecule has 4 nitrogen and oxygen atoms in total. The zero-order valence-electron chi connectivity index (χ0n) is 9.99. The monoisotopic (exact) mass is 268 g/mol. The average Bonchev–Trinajstić information content (AvgIpc) is 2.33. The van der Waals surface area contributed by atoms with Crippen molar-refractivity contribution in [3.05, 3.63) is 41.6 Å². The number of nitrogens with zero attached hydrogens (tertiary/aromatic N) is 2. The van der Waals surface area contributed by atoms with Crippen LogP contribution < -0.4 is 11.1 Å². The van der Waals surface area contributed by atoms with Crippen LogP contribution in [0.1, 0.15) is 11.1 Å². The van der Waals surface area contributed by atoms with Gasteiger partial charge >= 0.3 is 6.18 Å². The molecule has 19 heavy (non-hydrogen) atoms. The van der Waals surface area contributed by atoms with Crippen molar-refractivity contribution in [3.8, 4) is 0 Å². The quantitative estimate of drug-likeness (QED) is 0.878. The number of benzene rings is 1. The van der Waals surface area contributed by atoms with Crippen LogP contribution in [-0.4, -0.2) is 9.97 Å². The average molecular weight is 268 g/mol. The van der Waals surface area contributed by atoms with Crippen LogP contribution in [0.4, 0.5) is 30.6 Å². The van der Waals surface area contributed by atoms with Crippen molar-refractivity contribution in [3.63, 3.8) is 0 Å². The van der Waals surface area contributed by atoms with Gasteiger partial charge in [0.2, 0.25) is 5.95 Å². The number of anilines is 3. The van der Waals surface area contributed by atoms with Gasteiger partial charge in [0.15, 0.2) is 0 Å². The van der Waals surface area contributed by atoms with Crippen molar-refractivity contribution in [2.75, 3.05) is 11.1 Å². The van der Waals surface area contributed by atoms with E-state index in [1.54, 1.807) is 6.92 Å². The lowest BCUT2D eigenvalue weighted by molar-refractivity contribution is -0.137. The molecule has 100 valence electrons. The van der Waals surface area contributed by atoms with Gasteiger partial charge in [-0.1, -0.05) is 6.07 Å². The molecule has 0 radical (unpaired) electrons. The van der Waals surface area contributed by atoms with Crippen LogP contribution >= 0.6 is 0 Å². The minimum Gasteiger partial charge on any atom is -0.368 e. The van der Waals surface area contributed by atoms with Gasteiger partial charge in [0.25, 0.3) is 0 Å². The Balaban J connectivity index is 2.31. The third kappa shape index (κ3) is 3.12. The molecule has 0 saturated heterocycles. The molecule has 1 aromatic carbocycles. The van der Waals surface area contributed by atoms with Crippen LogP contribution in [0.3, 0.4) is 0 Å². The zero-order chi connectivity index (χ0) is 14.0. The van der Waals surface area contributed by atoms with E-state index in [4.69, 9.17) is 5.73 Å². The summed E-state index contributed by atoms with van der Waals surface area (Å²) in [5, 5.41) is 2.79. The molecule has 0 atom stereocenters. The predicted molar refractivity (Wildman–Crippen MR) is 65.9 cm³/mol. The molecular weight excluding hydrogens is 257 g/mol. The number of hydrogen-bond donors (Lipinski definition) is 2. The fourth-order valence-corrected chi connectivity index (χ4v) is 1.49. The molecular formula is C12H11F3N4. The Morgan fingerprint density at radius 3 is 2.68 bits per heavy atom. The van der Waals surface area contributed by atoms with Gasteiger partial charge in [-0.15, -0.1) is 0 Å². The highest BCUT2D eigenvalue weighted by molar-refractivity contribution is 5.60. The molecule has 1 aromatic heterocycles. The van der Waals surface area contributed by atoms with Crippen LogP contribution in [0.5, 0.6) is 0 Å². The Morgan fingerprint density at radius 1 is 1.26 bits per heavy atom. The largest absolute Gasteiger partial charge is 0.416 e. The van der Waals surface area contributed by atoms with Crippen molar-refractivity contribution in [1.29, 1.82) is 0 Å². The molecule has 1 heterocycles. The first-order valence-electron chi connectivity index (χ1n) is 5.39. The summed E-state index contributed by atoms with van der Waals surface area (Å²) in [7, 11) is 0. The molecule has 0 saturated carbocycles. The Hall–Kier alpha value is -2.31. The molecule has 2 aromatic rings. The summed E-state index contributed by atoms with van der Waals surface area (Å²) in [5.41, 5.74) is 5.69. The van der Waals surface area contributed by atoms with Gasteiger partial charge < -0.3 is 11.1 Å². The standard InChI is InChI=1S/C12H11F3N4/c1-7-6-17-11(16)19-10(7)18-9-4-2-3-8(5-9)12(13,14)15/h2-6H,1H3,(H3,16,17,18,19). The number of nitrogens with two attached hydrogens (primary N) is 1. The fraction of sp³-hybridized carbons (Fsp3) is 0.167. The van der Waals surface area contributed by atoms with Crippen molar-refractivity contribution >= 4 is 17.5 Å². The second-order valence-electron chi connectivity index (χ2n) is 3.96. The maximum absolute atomic E-state index is 12.6. The van der Waals surface area contributed by atoms with E-state index in [0.29, 0.717) is 11.4 Å². The number of nitrogen functional groups attached to an aromatic ring is 1. The summed E-state index contributed by atoms with van der Waals surface area (Å²) in [6.45, 7) is 1.73.